The van der Waals surface area contributed by atoms with E-state index < -0.39 is 17.9 Å². The zero-order valence-corrected chi connectivity index (χ0v) is 11.5. The fourth-order valence-electron chi connectivity index (χ4n) is 1.67. The van der Waals surface area contributed by atoms with Crippen LogP contribution in [0.4, 0.5) is 0 Å². The summed E-state index contributed by atoms with van der Waals surface area (Å²) >= 11 is 0. The molecule has 0 bridgehead atoms. The van der Waals surface area contributed by atoms with E-state index in [4.69, 9.17) is 10.2 Å². The molecule has 0 aliphatic heterocycles. The average Bonchev–Trinajstić information content (AvgIpc) is 2.36. The monoisotopic (exact) mass is 277 g/mol. The van der Waals surface area contributed by atoms with E-state index in [0.29, 0.717) is 6.42 Å². The molecule has 108 valence electrons. The van der Waals surface area contributed by atoms with E-state index in [1.54, 1.807) is 18.2 Å². The summed E-state index contributed by atoms with van der Waals surface area (Å²) in [5.41, 5.74) is 0.744. The van der Waals surface area contributed by atoms with Crippen molar-refractivity contribution in [2.45, 2.75) is 26.3 Å². The number of carbonyl (C=O) groups excluding carboxylic acids is 1. The number of aromatic hydroxyl groups is 1. The van der Waals surface area contributed by atoms with Crippen LogP contribution in [0.3, 0.4) is 0 Å². The van der Waals surface area contributed by atoms with Gasteiger partial charge in [-0.2, -0.15) is 0 Å². The number of hydrogen-bond acceptors (Lipinski definition) is 3. The molecule has 0 aliphatic rings. The minimum Gasteiger partial charge on any atom is -0.508 e. The number of amides is 1. The first-order valence-corrected chi connectivity index (χ1v) is 6.39. The van der Waals surface area contributed by atoms with Crippen molar-refractivity contribution < 1.29 is 19.8 Å². The molecule has 0 aromatic heterocycles. The normalized spacial score (nSPS) is 12.6. The quantitative estimate of drug-likeness (QED) is 0.694. The van der Waals surface area contributed by atoms with Crippen LogP contribution in [-0.4, -0.2) is 28.1 Å². The third-order valence-electron chi connectivity index (χ3n) is 2.64. The van der Waals surface area contributed by atoms with Gasteiger partial charge in [0.15, 0.2) is 0 Å². The van der Waals surface area contributed by atoms with Crippen molar-refractivity contribution in [1.29, 1.82) is 0 Å². The summed E-state index contributed by atoms with van der Waals surface area (Å²) in [4.78, 5) is 22.7. The van der Waals surface area contributed by atoms with Gasteiger partial charge in [0.25, 0.3) is 0 Å². The average molecular weight is 277 g/mol. The van der Waals surface area contributed by atoms with Crippen LogP contribution in [0.1, 0.15) is 25.8 Å². The predicted octanol–water partition coefficient (Wildman–Crippen LogP) is 2.02. The van der Waals surface area contributed by atoms with E-state index in [-0.39, 0.29) is 11.7 Å². The van der Waals surface area contributed by atoms with Crippen molar-refractivity contribution >= 4 is 18.0 Å². The van der Waals surface area contributed by atoms with Gasteiger partial charge in [0, 0.05) is 6.08 Å². The molecule has 5 heteroatoms. The first-order valence-electron chi connectivity index (χ1n) is 6.39. The molecule has 1 aromatic carbocycles. The van der Waals surface area contributed by atoms with E-state index in [0.717, 1.165) is 5.56 Å². The zero-order chi connectivity index (χ0) is 15.1. The molecule has 0 aliphatic carbocycles. The molecule has 5 nitrogen and oxygen atoms in total. The SMILES string of the molecule is CC(C)C[C@@H](NC(=O)C=Cc1ccc(O)cc1)C(=O)O. The van der Waals surface area contributed by atoms with Crippen LogP contribution in [0.25, 0.3) is 6.08 Å². The Morgan fingerprint density at radius 3 is 2.35 bits per heavy atom. The summed E-state index contributed by atoms with van der Waals surface area (Å²) in [6.07, 6.45) is 3.22. The van der Waals surface area contributed by atoms with Crippen LogP contribution >= 0.6 is 0 Å². The lowest BCUT2D eigenvalue weighted by Crippen LogP contribution is -2.40. The van der Waals surface area contributed by atoms with Crippen LogP contribution in [0.5, 0.6) is 5.75 Å². The van der Waals surface area contributed by atoms with Crippen molar-refractivity contribution in [3.05, 3.63) is 35.9 Å². The highest BCUT2D eigenvalue weighted by Crippen LogP contribution is 2.10. The van der Waals surface area contributed by atoms with E-state index in [1.807, 2.05) is 13.8 Å². The third-order valence-corrected chi connectivity index (χ3v) is 2.64. The van der Waals surface area contributed by atoms with Gasteiger partial charge >= 0.3 is 5.97 Å². The van der Waals surface area contributed by atoms with Crippen LogP contribution in [0.2, 0.25) is 0 Å². The van der Waals surface area contributed by atoms with Crippen LogP contribution in [0, 0.1) is 5.92 Å². The molecule has 0 radical (unpaired) electrons. The molecule has 1 atom stereocenters. The maximum absolute atomic E-state index is 11.7. The van der Waals surface area contributed by atoms with Crippen molar-refractivity contribution in [3.63, 3.8) is 0 Å². The summed E-state index contributed by atoms with van der Waals surface area (Å²) in [5, 5.41) is 20.6. The summed E-state index contributed by atoms with van der Waals surface area (Å²) < 4.78 is 0. The van der Waals surface area contributed by atoms with Crippen LogP contribution < -0.4 is 5.32 Å². The maximum atomic E-state index is 11.7. The van der Waals surface area contributed by atoms with Crippen molar-refractivity contribution in [3.8, 4) is 5.75 Å². The van der Waals surface area contributed by atoms with E-state index >= 15 is 0 Å². The fraction of sp³-hybridized carbons (Fsp3) is 0.333. The molecule has 0 heterocycles. The Labute approximate surface area is 117 Å². The van der Waals surface area contributed by atoms with Gasteiger partial charge in [0.1, 0.15) is 11.8 Å². The number of carboxylic acid groups (broad SMARTS) is 1. The van der Waals surface area contributed by atoms with Gasteiger partial charge in [0.2, 0.25) is 5.91 Å². The Kier molecular flexibility index (Phi) is 5.77. The Morgan fingerprint density at radius 2 is 1.85 bits per heavy atom. The Bertz CT molecular complexity index is 491. The minimum absolute atomic E-state index is 0.148. The molecular weight excluding hydrogens is 258 g/mol. The molecule has 1 rings (SSSR count). The van der Waals surface area contributed by atoms with Gasteiger partial charge in [-0.15, -0.1) is 0 Å². The topological polar surface area (TPSA) is 86.6 Å². The number of phenols is 1. The molecule has 0 saturated carbocycles. The lowest BCUT2D eigenvalue weighted by Gasteiger charge is -2.15. The largest absolute Gasteiger partial charge is 0.508 e. The van der Waals surface area contributed by atoms with Gasteiger partial charge in [-0.3, -0.25) is 4.79 Å². The highest BCUT2D eigenvalue weighted by molar-refractivity contribution is 5.94. The highest BCUT2D eigenvalue weighted by atomic mass is 16.4. The number of aliphatic carboxylic acids is 1. The predicted molar refractivity (Wildman–Crippen MR) is 76.2 cm³/mol. The van der Waals surface area contributed by atoms with Gasteiger partial charge < -0.3 is 15.5 Å². The van der Waals surface area contributed by atoms with E-state index in [1.165, 1.54) is 18.2 Å². The van der Waals surface area contributed by atoms with Gasteiger partial charge in [0.05, 0.1) is 0 Å². The molecule has 1 aromatic rings. The van der Waals surface area contributed by atoms with Crippen LogP contribution in [0.15, 0.2) is 30.3 Å². The number of nitrogens with one attached hydrogen (secondary N) is 1. The highest BCUT2D eigenvalue weighted by Gasteiger charge is 2.19. The standard InChI is InChI=1S/C15H19NO4/c1-10(2)9-13(15(19)20)16-14(18)8-5-11-3-6-12(17)7-4-11/h3-8,10,13,17H,9H2,1-2H3,(H,16,18)(H,19,20)/t13-/m1/s1. The number of carboxylic acids is 1. The first kappa shape index (κ1) is 15.8. The first-order chi connectivity index (χ1) is 9.38. The van der Waals surface area contributed by atoms with Crippen LogP contribution in [-0.2, 0) is 9.59 Å². The molecular formula is C15H19NO4. The lowest BCUT2D eigenvalue weighted by atomic mass is 10.0. The van der Waals surface area contributed by atoms with E-state index in [9.17, 15) is 9.59 Å². The number of carbonyl (C=O) groups is 2. The number of phenolic OH excluding ortho intramolecular Hbond substituents is 1. The van der Waals surface area contributed by atoms with Crippen molar-refractivity contribution in [1.82, 2.24) is 5.32 Å². The second-order valence-electron chi connectivity index (χ2n) is 4.95. The molecule has 3 N–H and O–H groups in total. The lowest BCUT2D eigenvalue weighted by molar-refractivity contribution is -0.141. The molecule has 1 amide bonds. The van der Waals surface area contributed by atoms with Gasteiger partial charge in [-0.25, -0.2) is 4.79 Å². The number of hydrogen-bond donors (Lipinski definition) is 3. The van der Waals surface area contributed by atoms with Crippen molar-refractivity contribution in [2.75, 3.05) is 0 Å². The molecule has 0 fully saturated rings. The zero-order valence-electron chi connectivity index (χ0n) is 11.5. The Morgan fingerprint density at radius 1 is 1.25 bits per heavy atom. The minimum atomic E-state index is -1.04. The molecule has 20 heavy (non-hydrogen) atoms. The smallest absolute Gasteiger partial charge is 0.326 e. The van der Waals surface area contributed by atoms with Gasteiger partial charge in [-0.05, 0) is 36.1 Å². The Hall–Kier alpha value is -2.30. The molecule has 0 spiro atoms. The maximum Gasteiger partial charge on any atom is 0.326 e. The number of rotatable bonds is 6. The summed E-state index contributed by atoms with van der Waals surface area (Å²) in [7, 11) is 0. The van der Waals surface area contributed by atoms with E-state index in [2.05, 4.69) is 5.32 Å². The fourth-order valence-corrected chi connectivity index (χ4v) is 1.67. The summed E-state index contributed by atoms with van der Waals surface area (Å²) in [5.74, 6) is -1.16. The third kappa shape index (κ3) is 5.56. The second-order valence-corrected chi connectivity index (χ2v) is 4.95. The summed E-state index contributed by atoms with van der Waals surface area (Å²) in [6, 6.07) is 5.45. The molecule has 0 unspecified atom stereocenters. The van der Waals surface area contributed by atoms with Gasteiger partial charge in [-0.1, -0.05) is 26.0 Å². The molecule has 0 saturated heterocycles. The van der Waals surface area contributed by atoms with Crippen molar-refractivity contribution in [2.24, 2.45) is 5.92 Å². The number of benzene rings is 1. The summed E-state index contributed by atoms with van der Waals surface area (Å²) in [6.45, 7) is 3.79. The Balaban J connectivity index is 2.61. The second kappa shape index (κ2) is 7.33.